The number of hydrogen-bond acceptors (Lipinski definition) is 1. The van der Waals surface area contributed by atoms with Gasteiger partial charge < -0.3 is 4.90 Å². The first kappa shape index (κ1) is 12.8. The SMILES string of the molecule is CCCN(C)C.[Cl][GaH][Cl]. The number of hydrogen-bond donors (Lipinski definition) is 0. The third kappa shape index (κ3) is 27.1. The van der Waals surface area contributed by atoms with E-state index in [0.29, 0.717) is 0 Å². The van der Waals surface area contributed by atoms with Gasteiger partial charge in [-0.2, -0.15) is 0 Å². The molecule has 0 spiro atoms. The van der Waals surface area contributed by atoms with Crippen molar-refractivity contribution in [3.05, 3.63) is 0 Å². The monoisotopic (exact) mass is 227 g/mol. The molecule has 0 heterocycles. The number of halogens is 2. The summed E-state index contributed by atoms with van der Waals surface area (Å²) in [5.74, 6) is 0. The zero-order chi connectivity index (χ0) is 7.70. The molecule has 0 saturated heterocycles. The standard InChI is InChI=1S/C5H13N.2ClH.Ga.H/c1-4-5-6(2)3;;;;/h4-5H2,1-3H3;2*1H;;/q;;;+2;/p-2. The second-order valence-electron chi connectivity index (χ2n) is 1.90. The van der Waals surface area contributed by atoms with Gasteiger partial charge in [-0.1, -0.05) is 6.92 Å². The molecule has 0 N–H and O–H groups in total. The number of nitrogens with zero attached hydrogens (tertiary/aromatic N) is 1. The van der Waals surface area contributed by atoms with Gasteiger partial charge in [-0.25, -0.2) is 0 Å². The molecule has 0 radical (unpaired) electrons. The molecule has 0 aliphatic heterocycles. The Morgan fingerprint density at radius 2 is 1.67 bits per heavy atom. The van der Waals surface area contributed by atoms with E-state index in [4.69, 9.17) is 19.3 Å². The van der Waals surface area contributed by atoms with Gasteiger partial charge in [0.1, 0.15) is 0 Å². The first-order chi connectivity index (χ1) is 4.18. The Bertz CT molecular complexity index is 43.9. The summed E-state index contributed by atoms with van der Waals surface area (Å²) in [6, 6.07) is 0. The Labute approximate surface area is 73.5 Å². The van der Waals surface area contributed by atoms with E-state index in [1.807, 2.05) is 0 Å². The molecule has 0 aromatic rings. The summed E-state index contributed by atoms with van der Waals surface area (Å²) in [5, 5.41) is 0. The van der Waals surface area contributed by atoms with Crippen LogP contribution in [0.5, 0.6) is 0 Å². The molecule has 0 aliphatic carbocycles. The Morgan fingerprint density at radius 3 is 1.67 bits per heavy atom. The molecule has 1 nitrogen and oxygen atoms in total. The van der Waals surface area contributed by atoms with Crippen LogP contribution < -0.4 is 0 Å². The van der Waals surface area contributed by atoms with Crippen molar-refractivity contribution in [2.75, 3.05) is 20.6 Å². The molecule has 0 fully saturated rings. The van der Waals surface area contributed by atoms with E-state index in [2.05, 4.69) is 25.9 Å². The fourth-order valence-corrected chi connectivity index (χ4v) is 0.447. The molecule has 0 saturated carbocycles. The molecule has 0 atom stereocenters. The van der Waals surface area contributed by atoms with E-state index < -0.39 is 15.4 Å². The molecule has 0 aromatic carbocycles. The first-order valence-corrected chi connectivity index (χ1v) is 10.8. The van der Waals surface area contributed by atoms with Crippen molar-refractivity contribution in [3.8, 4) is 0 Å². The van der Waals surface area contributed by atoms with Crippen LogP contribution in [0.25, 0.3) is 0 Å². The van der Waals surface area contributed by atoms with E-state index in [9.17, 15) is 0 Å². The third-order valence-corrected chi connectivity index (χ3v) is 0.671. The van der Waals surface area contributed by atoms with Gasteiger partial charge in [0.05, 0.1) is 0 Å². The Kier molecular flexibility index (Phi) is 17.0. The van der Waals surface area contributed by atoms with Crippen LogP contribution in [-0.2, 0) is 0 Å². The summed E-state index contributed by atoms with van der Waals surface area (Å²) in [6.45, 7) is 3.39. The molecule has 0 rings (SSSR count). The van der Waals surface area contributed by atoms with Gasteiger partial charge in [0.2, 0.25) is 0 Å². The van der Waals surface area contributed by atoms with Crippen LogP contribution in [-0.4, -0.2) is 40.9 Å². The van der Waals surface area contributed by atoms with Crippen molar-refractivity contribution in [1.29, 1.82) is 0 Å². The topological polar surface area (TPSA) is 3.24 Å². The quantitative estimate of drug-likeness (QED) is 0.651. The average Bonchev–Trinajstić information content (AvgIpc) is 1.67. The first-order valence-electron chi connectivity index (χ1n) is 2.95. The van der Waals surface area contributed by atoms with Crippen LogP contribution in [0.15, 0.2) is 0 Å². The van der Waals surface area contributed by atoms with Crippen molar-refractivity contribution in [2.45, 2.75) is 13.3 Å². The summed E-state index contributed by atoms with van der Waals surface area (Å²) >= 11 is -0.931. The molecular formula is C5H14Cl2GaN. The summed E-state index contributed by atoms with van der Waals surface area (Å²) in [6.07, 6.45) is 1.26. The van der Waals surface area contributed by atoms with E-state index in [1.165, 1.54) is 13.0 Å². The molecule has 0 bridgehead atoms. The maximum absolute atomic E-state index is 4.95. The molecule has 0 aliphatic rings. The van der Waals surface area contributed by atoms with Crippen LogP contribution in [0, 0.1) is 0 Å². The van der Waals surface area contributed by atoms with Gasteiger partial charge in [-0.3, -0.25) is 0 Å². The second-order valence-corrected chi connectivity index (χ2v) is 6.53. The fourth-order valence-electron chi connectivity index (χ4n) is 0.447. The predicted molar refractivity (Wildman–Crippen MR) is 47.7 cm³/mol. The van der Waals surface area contributed by atoms with Gasteiger partial charge in [-0.15, -0.1) is 0 Å². The molecule has 0 aromatic heterocycles. The van der Waals surface area contributed by atoms with Crippen LogP contribution in [0.3, 0.4) is 0 Å². The van der Waals surface area contributed by atoms with Gasteiger partial charge in [0, 0.05) is 0 Å². The van der Waals surface area contributed by atoms with Crippen molar-refractivity contribution in [3.63, 3.8) is 0 Å². The van der Waals surface area contributed by atoms with E-state index in [1.54, 1.807) is 0 Å². The molecule has 4 heteroatoms. The summed E-state index contributed by atoms with van der Waals surface area (Å²) in [7, 11) is 14.1. The average molecular weight is 229 g/mol. The van der Waals surface area contributed by atoms with Crippen molar-refractivity contribution >= 4 is 34.7 Å². The summed E-state index contributed by atoms with van der Waals surface area (Å²) in [4.78, 5) is 2.18. The maximum atomic E-state index is 4.95. The van der Waals surface area contributed by atoms with E-state index in [-0.39, 0.29) is 0 Å². The zero-order valence-electron chi connectivity index (χ0n) is 6.32. The van der Waals surface area contributed by atoms with Crippen molar-refractivity contribution in [2.24, 2.45) is 0 Å². The van der Waals surface area contributed by atoms with Crippen LogP contribution in [0.4, 0.5) is 0 Å². The van der Waals surface area contributed by atoms with Gasteiger partial charge in [0.15, 0.2) is 0 Å². The van der Waals surface area contributed by atoms with Crippen LogP contribution in [0.2, 0.25) is 0 Å². The van der Waals surface area contributed by atoms with Crippen molar-refractivity contribution < 1.29 is 0 Å². The summed E-state index contributed by atoms with van der Waals surface area (Å²) < 4.78 is 0. The Hall–Kier alpha value is 1.18. The van der Waals surface area contributed by atoms with E-state index >= 15 is 0 Å². The third-order valence-electron chi connectivity index (χ3n) is 0.671. The minimum absolute atomic E-state index is 0.931. The molecule has 56 valence electrons. The van der Waals surface area contributed by atoms with E-state index in [0.717, 1.165) is 0 Å². The zero-order valence-corrected chi connectivity index (χ0v) is 10.8. The van der Waals surface area contributed by atoms with Gasteiger partial charge in [-0.05, 0) is 27.1 Å². The van der Waals surface area contributed by atoms with Gasteiger partial charge >= 0.3 is 34.7 Å². The molecule has 0 unspecified atom stereocenters. The van der Waals surface area contributed by atoms with Crippen molar-refractivity contribution in [1.82, 2.24) is 4.90 Å². The van der Waals surface area contributed by atoms with Gasteiger partial charge in [0.25, 0.3) is 0 Å². The Balaban J connectivity index is 0. The predicted octanol–water partition coefficient (Wildman–Crippen LogP) is 1.69. The fraction of sp³-hybridized carbons (Fsp3) is 1.00. The molecule has 0 amide bonds. The second kappa shape index (κ2) is 11.9. The minimum atomic E-state index is -0.931. The Morgan fingerprint density at radius 1 is 1.33 bits per heavy atom. The number of rotatable bonds is 2. The normalized spacial score (nSPS) is 8.22. The molecular weight excluding hydrogens is 215 g/mol. The van der Waals surface area contributed by atoms with Crippen LogP contribution in [0.1, 0.15) is 13.3 Å². The van der Waals surface area contributed by atoms with Crippen LogP contribution >= 0.6 is 19.3 Å². The summed E-state index contributed by atoms with van der Waals surface area (Å²) in [5.41, 5.74) is 0. The molecule has 9 heavy (non-hydrogen) atoms.